The van der Waals surface area contributed by atoms with Gasteiger partial charge in [0.15, 0.2) is 11.2 Å². The second kappa shape index (κ2) is 4.92. The van der Waals surface area contributed by atoms with Gasteiger partial charge in [-0.1, -0.05) is 38.2 Å². The summed E-state index contributed by atoms with van der Waals surface area (Å²) >= 11 is 0. The monoisotopic (exact) mass is 256 g/mol. The first kappa shape index (κ1) is 12.6. The molecule has 0 N–H and O–H groups in total. The molecule has 0 heterocycles. The SMILES string of the molecule is Cc1c(C(=O)CCC2CCCCC2)ccc2c(=O)c12. The molecule has 0 aliphatic heterocycles. The van der Waals surface area contributed by atoms with Crippen LogP contribution in [0.5, 0.6) is 0 Å². The molecule has 2 nitrogen and oxygen atoms in total. The smallest absolute Gasteiger partial charge is 0.194 e. The Bertz CT molecular complexity index is 623. The topological polar surface area (TPSA) is 34.1 Å². The highest BCUT2D eigenvalue weighted by Crippen LogP contribution is 2.29. The van der Waals surface area contributed by atoms with E-state index in [0.717, 1.165) is 34.2 Å². The molecule has 1 fully saturated rings. The third kappa shape index (κ3) is 2.36. The lowest BCUT2D eigenvalue weighted by molar-refractivity contribution is 0.0970. The van der Waals surface area contributed by atoms with E-state index >= 15 is 0 Å². The van der Waals surface area contributed by atoms with Crippen LogP contribution in [0, 0.1) is 12.8 Å². The predicted molar refractivity (Wildman–Crippen MR) is 77.5 cm³/mol. The fraction of sp³-hybridized carbons (Fsp3) is 0.529. The zero-order valence-corrected chi connectivity index (χ0v) is 11.5. The number of aryl methyl sites for hydroxylation is 1. The van der Waals surface area contributed by atoms with Crippen molar-refractivity contribution in [3.05, 3.63) is 33.5 Å². The van der Waals surface area contributed by atoms with Crippen LogP contribution >= 0.6 is 0 Å². The van der Waals surface area contributed by atoms with Crippen LogP contribution in [0.4, 0.5) is 0 Å². The molecule has 0 saturated heterocycles. The van der Waals surface area contributed by atoms with E-state index in [2.05, 4.69) is 0 Å². The lowest BCUT2D eigenvalue weighted by Gasteiger charge is -2.21. The van der Waals surface area contributed by atoms with Crippen molar-refractivity contribution in [2.75, 3.05) is 0 Å². The number of Topliss-reactive ketones (excluding diaryl/α,β-unsaturated/α-hetero) is 1. The summed E-state index contributed by atoms with van der Waals surface area (Å²) in [6, 6.07) is 3.64. The molecule has 1 saturated carbocycles. The minimum absolute atomic E-state index is 0.129. The van der Waals surface area contributed by atoms with E-state index in [1.165, 1.54) is 32.1 Å². The van der Waals surface area contributed by atoms with Crippen LogP contribution in [0.3, 0.4) is 0 Å². The standard InChI is InChI=1S/C17H20O2/c1-11-13(8-9-14-16(11)17(14)19)15(18)10-7-12-5-3-2-4-6-12/h8-9,12H,2-7,10H2,1H3. The number of hydrogen-bond donors (Lipinski definition) is 0. The molecule has 100 valence electrons. The van der Waals surface area contributed by atoms with Crippen molar-refractivity contribution in [3.63, 3.8) is 0 Å². The van der Waals surface area contributed by atoms with Crippen molar-refractivity contribution >= 4 is 16.6 Å². The number of ketones is 1. The Kier molecular flexibility index (Phi) is 3.26. The van der Waals surface area contributed by atoms with Crippen LogP contribution in [-0.2, 0) is 0 Å². The highest BCUT2D eigenvalue weighted by molar-refractivity contribution is 6.07. The summed E-state index contributed by atoms with van der Waals surface area (Å²) < 4.78 is 0. The summed E-state index contributed by atoms with van der Waals surface area (Å²) in [6.07, 6.45) is 8.23. The van der Waals surface area contributed by atoms with Gasteiger partial charge in [-0.2, -0.15) is 0 Å². The number of fused-ring (bicyclic) bond motifs is 1. The Morgan fingerprint density at radius 2 is 1.95 bits per heavy atom. The molecule has 19 heavy (non-hydrogen) atoms. The summed E-state index contributed by atoms with van der Waals surface area (Å²) in [5, 5.41) is 1.60. The van der Waals surface area contributed by atoms with Gasteiger partial charge in [-0.3, -0.25) is 9.59 Å². The Labute approximate surface area is 113 Å². The average Bonchev–Trinajstić information content (AvgIpc) is 3.10. The Morgan fingerprint density at radius 3 is 2.68 bits per heavy atom. The van der Waals surface area contributed by atoms with Gasteiger partial charge in [-0.25, -0.2) is 0 Å². The molecule has 1 aliphatic rings. The second-order valence-electron chi connectivity index (χ2n) is 5.96. The molecule has 0 bridgehead atoms. The van der Waals surface area contributed by atoms with Crippen molar-refractivity contribution in [2.45, 2.75) is 51.9 Å². The van der Waals surface area contributed by atoms with Gasteiger partial charge in [0.05, 0.1) is 0 Å². The number of hydrogen-bond acceptors (Lipinski definition) is 2. The van der Waals surface area contributed by atoms with Crippen molar-refractivity contribution < 1.29 is 4.79 Å². The molecule has 2 aromatic rings. The van der Waals surface area contributed by atoms with E-state index in [1.807, 2.05) is 13.0 Å². The highest BCUT2D eigenvalue weighted by Gasteiger charge is 2.21. The number of benzene rings is 1. The minimum atomic E-state index is 0.129. The highest BCUT2D eigenvalue weighted by atomic mass is 16.1. The Hall–Kier alpha value is -1.44. The van der Waals surface area contributed by atoms with Crippen molar-refractivity contribution in [3.8, 4) is 0 Å². The molecule has 0 aromatic heterocycles. The van der Waals surface area contributed by atoms with Crippen LogP contribution in [0.25, 0.3) is 10.8 Å². The van der Waals surface area contributed by atoms with Gasteiger partial charge in [0.1, 0.15) is 0 Å². The van der Waals surface area contributed by atoms with Crippen molar-refractivity contribution in [1.82, 2.24) is 0 Å². The maximum absolute atomic E-state index is 12.3. The first-order valence-electron chi connectivity index (χ1n) is 7.40. The molecule has 0 spiro atoms. The summed E-state index contributed by atoms with van der Waals surface area (Å²) in [7, 11) is 0. The van der Waals surface area contributed by atoms with Gasteiger partial charge in [0.25, 0.3) is 0 Å². The van der Waals surface area contributed by atoms with Crippen LogP contribution in [0.15, 0.2) is 16.9 Å². The van der Waals surface area contributed by atoms with Crippen molar-refractivity contribution in [1.29, 1.82) is 0 Å². The second-order valence-corrected chi connectivity index (χ2v) is 5.96. The van der Waals surface area contributed by atoms with E-state index < -0.39 is 0 Å². The fourth-order valence-corrected chi connectivity index (χ4v) is 3.39. The molecular weight excluding hydrogens is 236 g/mol. The van der Waals surface area contributed by atoms with E-state index in [0.29, 0.717) is 6.42 Å². The molecule has 2 heteroatoms. The van der Waals surface area contributed by atoms with Gasteiger partial charge >= 0.3 is 0 Å². The molecule has 3 rings (SSSR count). The number of carbonyl (C=O) groups excluding carboxylic acids is 1. The lowest BCUT2D eigenvalue weighted by Crippen LogP contribution is -2.09. The summed E-state index contributed by atoms with van der Waals surface area (Å²) in [5.74, 6) is 0.953. The first-order valence-corrected chi connectivity index (χ1v) is 7.40. The van der Waals surface area contributed by atoms with Gasteiger partial charge in [-0.05, 0) is 30.9 Å². The van der Waals surface area contributed by atoms with Gasteiger partial charge in [0.2, 0.25) is 0 Å². The summed E-state index contributed by atoms with van der Waals surface area (Å²) in [4.78, 5) is 23.7. The molecule has 0 amide bonds. The maximum Gasteiger partial charge on any atom is 0.194 e. The van der Waals surface area contributed by atoms with E-state index in [9.17, 15) is 9.59 Å². The molecule has 0 unspecified atom stereocenters. The van der Waals surface area contributed by atoms with Crippen LogP contribution in [0.1, 0.15) is 60.9 Å². The Morgan fingerprint density at radius 1 is 1.21 bits per heavy atom. The van der Waals surface area contributed by atoms with Crippen molar-refractivity contribution in [2.24, 2.45) is 5.92 Å². The number of rotatable bonds is 4. The van der Waals surface area contributed by atoms with E-state index in [-0.39, 0.29) is 11.2 Å². The third-order valence-electron chi connectivity index (χ3n) is 4.68. The maximum atomic E-state index is 12.3. The van der Waals surface area contributed by atoms with Gasteiger partial charge in [0, 0.05) is 22.8 Å². The Balaban J connectivity index is 1.66. The normalized spacial score (nSPS) is 17.3. The molecule has 0 atom stereocenters. The summed E-state index contributed by atoms with van der Waals surface area (Å²) in [5.41, 5.74) is 1.79. The van der Waals surface area contributed by atoms with Crippen LogP contribution in [0.2, 0.25) is 0 Å². The van der Waals surface area contributed by atoms with Crippen LogP contribution < -0.4 is 5.43 Å². The predicted octanol–water partition coefficient (Wildman–Crippen LogP) is 3.93. The van der Waals surface area contributed by atoms with Crippen LogP contribution in [-0.4, -0.2) is 5.78 Å². The fourth-order valence-electron chi connectivity index (χ4n) is 3.39. The van der Waals surface area contributed by atoms with Gasteiger partial charge < -0.3 is 0 Å². The molecular formula is C17H20O2. The zero-order chi connectivity index (χ0) is 13.4. The third-order valence-corrected chi connectivity index (χ3v) is 4.68. The number of carbonyl (C=O) groups is 1. The zero-order valence-electron chi connectivity index (χ0n) is 11.5. The average molecular weight is 256 g/mol. The van der Waals surface area contributed by atoms with Gasteiger partial charge in [-0.15, -0.1) is 0 Å². The largest absolute Gasteiger partial charge is 0.294 e. The quantitative estimate of drug-likeness (QED) is 0.777. The molecule has 2 aromatic carbocycles. The summed E-state index contributed by atoms with van der Waals surface area (Å²) in [6.45, 7) is 1.90. The first-order chi connectivity index (χ1) is 9.18. The minimum Gasteiger partial charge on any atom is -0.294 e. The molecule has 0 radical (unpaired) electrons. The lowest BCUT2D eigenvalue weighted by atomic mass is 9.85. The van der Waals surface area contributed by atoms with E-state index in [1.54, 1.807) is 6.07 Å². The molecule has 1 aliphatic carbocycles. The van der Waals surface area contributed by atoms with E-state index in [4.69, 9.17) is 0 Å².